The third-order valence-corrected chi connectivity index (χ3v) is 3.99. The average Bonchev–Trinajstić information content (AvgIpc) is 2.60. The van der Waals surface area contributed by atoms with Gasteiger partial charge in [-0.25, -0.2) is 13.6 Å². The summed E-state index contributed by atoms with van der Waals surface area (Å²) in [5.41, 5.74) is -0.995. The smallest absolute Gasteiger partial charge is 0.329 e. The fourth-order valence-electron chi connectivity index (χ4n) is 2.70. The van der Waals surface area contributed by atoms with E-state index >= 15 is 0 Å². The Hall–Kier alpha value is -3.29. The largest absolute Gasteiger partial charge is 0.348 e. The average molecular weight is 359 g/mol. The summed E-state index contributed by atoms with van der Waals surface area (Å²) in [4.78, 5) is 39.2. The molecule has 26 heavy (non-hydrogen) atoms. The molecule has 0 aliphatic heterocycles. The van der Waals surface area contributed by atoms with Crippen molar-refractivity contribution in [1.29, 1.82) is 0 Å². The Labute approximate surface area is 146 Å². The van der Waals surface area contributed by atoms with Crippen molar-refractivity contribution in [2.45, 2.75) is 19.5 Å². The molecule has 1 amide bonds. The molecule has 3 aromatic rings. The summed E-state index contributed by atoms with van der Waals surface area (Å²) < 4.78 is 27.8. The van der Waals surface area contributed by atoms with Crippen LogP contribution in [0.4, 0.5) is 8.78 Å². The lowest BCUT2D eigenvalue weighted by molar-refractivity contribution is -0.122. The number of aromatic nitrogens is 2. The van der Waals surface area contributed by atoms with E-state index in [1.165, 1.54) is 13.0 Å². The molecule has 1 heterocycles. The summed E-state index contributed by atoms with van der Waals surface area (Å²) in [6, 6.07) is 8.51. The second-order valence-corrected chi connectivity index (χ2v) is 5.82. The number of nitrogens with one attached hydrogen (secondary N) is 2. The van der Waals surface area contributed by atoms with Gasteiger partial charge >= 0.3 is 5.69 Å². The number of H-pyrrole nitrogens is 1. The highest BCUT2D eigenvalue weighted by Crippen LogP contribution is 2.17. The highest BCUT2D eigenvalue weighted by Gasteiger charge is 2.16. The van der Waals surface area contributed by atoms with Gasteiger partial charge in [0, 0.05) is 5.56 Å². The molecular weight excluding hydrogens is 344 g/mol. The number of carbonyl (C=O) groups excluding carboxylic acids is 1. The van der Waals surface area contributed by atoms with Crippen LogP contribution in [0.2, 0.25) is 0 Å². The molecular formula is C18H15F2N3O3. The van der Waals surface area contributed by atoms with Gasteiger partial charge in [-0.1, -0.05) is 12.1 Å². The first-order valence-electron chi connectivity index (χ1n) is 7.83. The molecule has 0 fully saturated rings. The summed E-state index contributed by atoms with van der Waals surface area (Å²) in [6.07, 6.45) is 0. The molecule has 0 saturated carbocycles. The quantitative estimate of drug-likeness (QED) is 0.746. The van der Waals surface area contributed by atoms with Crippen molar-refractivity contribution in [2.24, 2.45) is 0 Å². The summed E-state index contributed by atoms with van der Waals surface area (Å²) in [6.45, 7) is 0.934. The first-order valence-corrected chi connectivity index (χ1v) is 7.83. The third-order valence-electron chi connectivity index (χ3n) is 3.99. The molecule has 1 atom stereocenters. The molecule has 1 aromatic heterocycles. The summed E-state index contributed by atoms with van der Waals surface area (Å²) in [7, 11) is 0. The van der Waals surface area contributed by atoms with Crippen LogP contribution in [-0.2, 0) is 11.3 Å². The molecule has 0 spiro atoms. The topological polar surface area (TPSA) is 84.0 Å². The van der Waals surface area contributed by atoms with Crippen LogP contribution in [0.5, 0.6) is 0 Å². The van der Waals surface area contributed by atoms with Gasteiger partial charge in [-0.3, -0.25) is 14.2 Å². The zero-order valence-electron chi connectivity index (χ0n) is 13.8. The van der Waals surface area contributed by atoms with Gasteiger partial charge in [0.1, 0.15) is 18.2 Å². The maximum Gasteiger partial charge on any atom is 0.329 e. The van der Waals surface area contributed by atoms with Crippen molar-refractivity contribution in [1.82, 2.24) is 14.9 Å². The molecule has 0 saturated heterocycles. The molecule has 6 nitrogen and oxygen atoms in total. The van der Waals surface area contributed by atoms with Gasteiger partial charge in [0.05, 0.1) is 16.9 Å². The third kappa shape index (κ3) is 3.39. The van der Waals surface area contributed by atoms with Crippen molar-refractivity contribution < 1.29 is 13.6 Å². The van der Waals surface area contributed by atoms with Crippen LogP contribution in [0.1, 0.15) is 18.5 Å². The molecule has 0 aliphatic rings. The maximum atomic E-state index is 13.8. The Balaban J connectivity index is 1.84. The van der Waals surface area contributed by atoms with Crippen LogP contribution in [0.3, 0.4) is 0 Å². The lowest BCUT2D eigenvalue weighted by Crippen LogP contribution is -2.41. The number of amides is 1. The van der Waals surface area contributed by atoms with Crippen molar-refractivity contribution in [3.05, 3.63) is 80.5 Å². The number of carbonyl (C=O) groups is 1. The summed E-state index contributed by atoms with van der Waals surface area (Å²) in [5, 5.41) is 2.72. The minimum Gasteiger partial charge on any atom is -0.348 e. The van der Waals surface area contributed by atoms with Crippen molar-refractivity contribution in [2.75, 3.05) is 0 Å². The van der Waals surface area contributed by atoms with Crippen molar-refractivity contribution in [3.63, 3.8) is 0 Å². The second-order valence-electron chi connectivity index (χ2n) is 5.82. The first kappa shape index (κ1) is 17.5. The van der Waals surface area contributed by atoms with E-state index in [0.717, 1.165) is 22.8 Å². The highest BCUT2D eigenvalue weighted by molar-refractivity contribution is 5.79. The molecule has 3 rings (SSSR count). The number of fused-ring (bicyclic) bond motifs is 1. The number of nitrogens with zero attached hydrogens (tertiary/aromatic N) is 1. The Morgan fingerprint density at radius 1 is 1.19 bits per heavy atom. The van der Waals surface area contributed by atoms with Crippen LogP contribution in [0.25, 0.3) is 10.9 Å². The van der Waals surface area contributed by atoms with Crippen molar-refractivity contribution in [3.8, 4) is 0 Å². The standard InChI is InChI=1S/C18H15F2N3O3/c1-10(13-8-11(19)6-7-14(13)20)21-16(24)9-23-17(25)12-4-2-3-5-15(12)22-18(23)26/h2-8,10H,9H2,1H3,(H,21,24)(H,22,26). The molecule has 0 aliphatic carbocycles. The fraction of sp³-hybridized carbons (Fsp3) is 0.167. The SMILES string of the molecule is CC(NC(=O)Cn1c(=O)[nH]c2ccccc2c1=O)c1cc(F)ccc1F. The van der Waals surface area contributed by atoms with Crippen molar-refractivity contribution >= 4 is 16.8 Å². The number of hydrogen-bond acceptors (Lipinski definition) is 3. The minimum absolute atomic E-state index is 0.0295. The maximum absolute atomic E-state index is 13.8. The zero-order valence-corrected chi connectivity index (χ0v) is 13.8. The number of rotatable bonds is 4. The van der Waals surface area contributed by atoms with E-state index < -0.39 is 41.4 Å². The summed E-state index contributed by atoms with van der Waals surface area (Å²) >= 11 is 0. The van der Waals surface area contributed by atoms with E-state index in [4.69, 9.17) is 0 Å². The van der Waals surface area contributed by atoms with Gasteiger partial charge in [0.15, 0.2) is 0 Å². The molecule has 1 unspecified atom stereocenters. The van der Waals surface area contributed by atoms with Gasteiger partial charge in [0.25, 0.3) is 5.56 Å². The van der Waals surface area contributed by atoms with E-state index in [1.807, 2.05) is 0 Å². The summed E-state index contributed by atoms with van der Waals surface area (Å²) in [5.74, 6) is -1.98. The number of hydrogen-bond donors (Lipinski definition) is 2. The van der Waals surface area contributed by atoms with Gasteiger partial charge < -0.3 is 10.3 Å². The predicted octanol–water partition coefficient (Wildman–Crippen LogP) is 1.85. The highest BCUT2D eigenvalue weighted by atomic mass is 19.1. The van der Waals surface area contributed by atoms with Crippen LogP contribution in [-0.4, -0.2) is 15.5 Å². The Morgan fingerprint density at radius 2 is 1.92 bits per heavy atom. The monoisotopic (exact) mass is 359 g/mol. The van der Waals surface area contributed by atoms with E-state index in [1.54, 1.807) is 18.2 Å². The second kappa shape index (κ2) is 6.91. The first-order chi connectivity index (χ1) is 12.4. The van der Waals surface area contributed by atoms with Crippen LogP contribution in [0.15, 0.2) is 52.1 Å². The molecule has 0 bridgehead atoms. The Bertz CT molecular complexity index is 1100. The van der Waals surface area contributed by atoms with E-state index in [2.05, 4.69) is 10.3 Å². The zero-order chi connectivity index (χ0) is 18.8. The molecule has 2 aromatic carbocycles. The predicted molar refractivity (Wildman–Crippen MR) is 91.7 cm³/mol. The lowest BCUT2D eigenvalue weighted by atomic mass is 10.1. The van der Waals surface area contributed by atoms with Crippen LogP contribution in [0, 0.1) is 11.6 Å². The molecule has 8 heteroatoms. The fourth-order valence-corrected chi connectivity index (χ4v) is 2.70. The Morgan fingerprint density at radius 3 is 2.69 bits per heavy atom. The normalized spacial score (nSPS) is 12.1. The Kier molecular flexibility index (Phi) is 4.66. The van der Waals surface area contributed by atoms with Crippen LogP contribution >= 0.6 is 0 Å². The van der Waals surface area contributed by atoms with E-state index in [-0.39, 0.29) is 10.9 Å². The van der Waals surface area contributed by atoms with E-state index in [9.17, 15) is 23.2 Å². The van der Waals surface area contributed by atoms with E-state index in [0.29, 0.717) is 5.52 Å². The van der Waals surface area contributed by atoms with Gasteiger partial charge in [-0.05, 0) is 37.3 Å². The molecule has 0 radical (unpaired) electrons. The molecule has 134 valence electrons. The minimum atomic E-state index is -0.839. The van der Waals surface area contributed by atoms with Gasteiger partial charge in [-0.2, -0.15) is 0 Å². The number of halogens is 2. The number of benzene rings is 2. The number of para-hydroxylation sites is 1. The number of aromatic amines is 1. The van der Waals surface area contributed by atoms with Gasteiger partial charge in [0.2, 0.25) is 5.91 Å². The van der Waals surface area contributed by atoms with Crippen LogP contribution < -0.4 is 16.6 Å². The van der Waals surface area contributed by atoms with Gasteiger partial charge in [-0.15, -0.1) is 0 Å². The molecule has 2 N–H and O–H groups in total. The lowest BCUT2D eigenvalue weighted by Gasteiger charge is -2.15.